The topological polar surface area (TPSA) is 50.8 Å². The highest BCUT2D eigenvalue weighted by Crippen LogP contribution is 2.44. The van der Waals surface area contributed by atoms with E-state index in [0.29, 0.717) is 33.9 Å². The van der Waals surface area contributed by atoms with Gasteiger partial charge in [0, 0.05) is 24.2 Å². The van der Waals surface area contributed by atoms with E-state index in [1.807, 2.05) is 12.1 Å². The van der Waals surface area contributed by atoms with E-state index in [4.69, 9.17) is 9.47 Å². The summed E-state index contributed by atoms with van der Waals surface area (Å²) in [7, 11) is 3.21. The lowest BCUT2D eigenvalue weighted by Gasteiger charge is -2.39. The van der Waals surface area contributed by atoms with Crippen LogP contribution in [0.5, 0.6) is 11.5 Å². The molecule has 4 rings (SSSR count). The quantitative estimate of drug-likeness (QED) is 0.581. The number of rotatable bonds is 5. The van der Waals surface area contributed by atoms with E-state index in [0.717, 1.165) is 5.69 Å². The molecule has 1 aliphatic heterocycles. The molecule has 0 fully saturated rings. The van der Waals surface area contributed by atoms with Gasteiger partial charge in [0.15, 0.2) is 0 Å². The van der Waals surface area contributed by atoms with Crippen molar-refractivity contribution in [1.29, 1.82) is 0 Å². The number of carbonyl (C=O) groups is 1. The predicted molar refractivity (Wildman–Crippen MR) is 120 cm³/mol. The number of benzene rings is 3. The van der Waals surface area contributed by atoms with Crippen molar-refractivity contribution in [1.82, 2.24) is 0 Å². The van der Waals surface area contributed by atoms with Crippen LogP contribution in [0.1, 0.15) is 19.4 Å². The Labute approximate surface area is 185 Å². The van der Waals surface area contributed by atoms with Crippen molar-refractivity contribution < 1.29 is 23.0 Å². The summed E-state index contributed by atoms with van der Waals surface area (Å²) >= 11 is 0. The van der Waals surface area contributed by atoms with Gasteiger partial charge in [0.05, 0.1) is 18.5 Å². The molecule has 3 aromatic rings. The van der Waals surface area contributed by atoms with Gasteiger partial charge < -0.3 is 19.7 Å². The SMILES string of the molecule is COc1ccc(F)cc1-c1ccc2c(c1COc1cccc(F)c1)N(C)C(=O)C(C)(C)N2. The molecule has 0 bridgehead atoms. The predicted octanol–water partition coefficient (Wildman–Crippen LogP) is 5.39. The number of likely N-dealkylation sites (N-methyl/N-ethyl adjacent to an activating group) is 1. The molecule has 32 heavy (non-hydrogen) atoms. The van der Waals surface area contributed by atoms with E-state index in [1.54, 1.807) is 44.0 Å². The minimum Gasteiger partial charge on any atom is -0.496 e. The summed E-state index contributed by atoms with van der Waals surface area (Å²) in [4.78, 5) is 14.6. The van der Waals surface area contributed by atoms with Crippen LogP contribution in [0.3, 0.4) is 0 Å². The van der Waals surface area contributed by atoms with Crippen molar-refractivity contribution >= 4 is 17.3 Å². The summed E-state index contributed by atoms with van der Waals surface area (Å²) in [5, 5.41) is 3.27. The number of halogens is 2. The molecule has 0 radical (unpaired) electrons. The first-order valence-corrected chi connectivity index (χ1v) is 10.2. The molecule has 0 aliphatic carbocycles. The third-order valence-electron chi connectivity index (χ3n) is 5.54. The van der Waals surface area contributed by atoms with Crippen LogP contribution in [0.15, 0.2) is 54.6 Å². The minimum atomic E-state index is -0.791. The normalized spacial score (nSPS) is 14.6. The van der Waals surface area contributed by atoms with Gasteiger partial charge in [0.1, 0.15) is 35.3 Å². The molecule has 0 saturated carbocycles. The first-order chi connectivity index (χ1) is 15.2. The molecule has 0 unspecified atom stereocenters. The number of hydrogen-bond donors (Lipinski definition) is 1. The zero-order valence-electron chi connectivity index (χ0n) is 18.3. The number of methoxy groups -OCH3 is 1. The summed E-state index contributed by atoms with van der Waals surface area (Å²) < 4.78 is 39.2. The maximum atomic E-state index is 14.2. The van der Waals surface area contributed by atoms with E-state index < -0.39 is 17.2 Å². The van der Waals surface area contributed by atoms with Crippen molar-refractivity contribution in [2.75, 3.05) is 24.4 Å². The lowest BCUT2D eigenvalue weighted by atomic mass is 9.92. The van der Waals surface area contributed by atoms with Gasteiger partial charge in [-0.15, -0.1) is 0 Å². The van der Waals surface area contributed by atoms with Crippen LogP contribution < -0.4 is 19.7 Å². The van der Waals surface area contributed by atoms with Gasteiger partial charge in [-0.1, -0.05) is 12.1 Å². The molecule has 1 aliphatic rings. The fraction of sp³-hybridized carbons (Fsp3) is 0.240. The van der Waals surface area contributed by atoms with Gasteiger partial charge in [-0.3, -0.25) is 4.79 Å². The highest BCUT2D eigenvalue weighted by Gasteiger charge is 2.38. The van der Waals surface area contributed by atoms with Gasteiger partial charge >= 0.3 is 0 Å². The molecule has 166 valence electrons. The monoisotopic (exact) mass is 438 g/mol. The van der Waals surface area contributed by atoms with Gasteiger partial charge in [-0.2, -0.15) is 0 Å². The number of nitrogens with zero attached hydrogens (tertiary/aromatic N) is 1. The van der Waals surface area contributed by atoms with Crippen molar-refractivity contribution in [2.45, 2.75) is 26.0 Å². The van der Waals surface area contributed by atoms with Crippen molar-refractivity contribution in [3.8, 4) is 22.6 Å². The molecule has 3 aromatic carbocycles. The van der Waals surface area contributed by atoms with E-state index >= 15 is 0 Å². The van der Waals surface area contributed by atoms with Crippen LogP contribution in [0.25, 0.3) is 11.1 Å². The first kappa shape index (κ1) is 21.6. The fourth-order valence-electron chi connectivity index (χ4n) is 4.03. The first-order valence-electron chi connectivity index (χ1n) is 10.2. The highest BCUT2D eigenvalue weighted by atomic mass is 19.1. The number of hydrogen-bond acceptors (Lipinski definition) is 4. The second kappa shape index (κ2) is 8.15. The Morgan fingerprint density at radius 1 is 1.00 bits per heavy atom. The molecule has 0 atom stereocenters. The van der Waals surface area contributed by atoms with Crippen LogP contribution >= 0.6 is 0 Å². The molecule has 1 heterocycles. The Balaban J connectivity index is 1.89. The standard InChI is InChI=1S/C25H24F2N2O3/c1-25(2)24(30)29(3)23-20(14-32-17-7-5-6-15(26)12-17)18(9-10-21(23)28-25)19-13-16(27)8-11-22(19)31-4/h5-13,28H,14H2,1-4H3. The number of fused-ring (bicyclic) bond motifs is 1. The number of amides is 1. The molecule has 1 N–H and O–H groups in total. The van der Waals surface area contributed by atoms with Crippen molar-refractivity contribution in [3.63, 3.8) is 0 Å². The molecule has 5 nitrogen and oxygen atoms in total. The second-order valence-corrected chi connectivity index (χ2v) is 8.19. The number of nitrogens with one attached hydrogen (secondary N) is 1. The number of anilines is 2. The number of carbonyl (C=O) groups excluding carboxylic acids is 1. The molecule has 0 saturated heterocycles. The van der Waals surface area contributed by atoms with Crippen LogP contribution in [-0.2, 0) is 11.4 Å². The average Bonchev–Trinajstić information content (AvgIpc) is 2.75. The Hall–Kier alpha value is -3.61. The summed E-state index contributed by atoms with van der Waals surface area (Å²) in [5.74, 6) is -0.130. The van der Waals surface area contributed by atoms with E-state index in [2.05, 4.69) is 5.32 Å². The summed E-state index contributed by atoms with van der Waals surface area (Å²) in [6.07, 6.45) is 0. The minimum absolute atomic E-state index is 0.0291. The maximum absolute atomic E-state index is 14.2. The zero-order chi connectivity index (χ0) is 23.0. The smallest absolute Gasteiger partial charge is 0.251 e. The Bertz CT molecular complexity index is 1190. The van der Waals surface area contributed by atoms with Gasteiger partial charge in [0.25, 0.3) is 5.91 Å². The third kappa shape index (κ3) is 3.86. The van der Waals surface area contributed by atoms with Crippen LogP contribution in [0.4, 0.5) is 20.2 Å². The summed E-state index contributed by atoms with van der Waals surface area (Å²) in [6.45, 7) is 3.64. The molecule has 7 heteroatoms. The second-order valence-electron chi connectivity index (χ2n) is 8.19. The lowest BCUT2D eigenvalue weighted by Crippen LogP contribution is -2.52. The third-order valence-corrected chi connectivity index (χ3v) is 5.54. The number of ether oxygens (including phenoxy) is 2. The molecular formula is C25H24F2N2O3. The molecule has 0 aromatic heterocycles. The Kier molecular flexibility index (Phi) is 5.50. The zero-order valence-corrected chi connectivity index (χ0v) is 18.3. The average molecular weight is 438 g/mol. The molecule has 0 spiro atoms. The van der Waals surface area contributed by atoms with E-state index in [1.165, 1.54) is 31.4 Å². The largest absolute Gasteiger partial charge is 0.496 e. The lowest BCUT2D eigenvalue weighted by molar-refractivity contribution is -0.121. The van der Waals surface area contributed by atoms with Crippen molar-refractivity contribution in [3.05, 3.63) is 71.8 Å². The highest BCUT2D eigenvalue weighted by molar-refractivity contribution is 6.08. The van der Waals surface area contributed by atoms with Gasteiger partial charge in [-0.05, 0) is 55.8 Å². The van der Waals surface area contributed by atoms with Crippen molar-refractivity contribution in [2.24, 2.45) is 0 Å². The summed E-state index contributed by atoms with van der Waals surface area (Å²) in [5.41, 5.74) is 2.40. The Morgan fingerprint density at radius 3 is 2.47 bits per heavy atom. The Morgan fingerprint density at radius 2 is 1.75 bits per heavy atom. The van der Waals surface area contributed by atoms with E-state index in [-0.39, 0.29) is 12.5 Å². The fourth-order valence-corrected chi connectivity index (χ4v) is 4.03. The molecule has 1 amide bonds. The molecular weight excluding hydrogens is 414 g/mol. The van der Waals surface area contributed by atoms with Gasteiger partial charge in [-0.25, -0.2) is 8.78 Å². The van der Waals surface area contributed by atoms with Crippen LogP contribution in [-0.4, -0.2) is 25.6 Å². The maximum Gasteiger partial charge on any atom is 0.251 e. The van der Waals surface area contributed by atoms with E-state index in [9.17, 15) is 13.6 Å². The summed E-state index contributed by atoms with van der Waals surface area (Å²) in [6, 6.07) is 13.8. The van der Waals surface area contributed by atoms with Gasteiger partial charge in [0.2, 0.25) is 0 Å². The van der Waals surface area contributed by atoms with Crippen LogP contribution in [0, 0.1) is 11.6 Å². The van der Waals surface area contributed by atoms with Crippen LogP contribution in [0.2, 0.25) is 0 Å².